The van der Waals surface area contributed by atoms with Crippen LogP contribution in [0.3, 0.4) is 0 Å². The Morgan fingerprint density at radius 3 is 2.62 bits per heavy atom. The van der Waals surface area contributed by atoms with Gasteiger partial charge in [-0.3, -0.25) is 14.3 Å². The van der Waals surface area contributed by atoms with Crippen LogP contribution in [0.2, 0.25) is 0 Å². The third-order valence-corrected chi connectivity index (χ3v) is 4.26. The lowest BCUT2D eigenvalue weighted by atomic mass is 10.1. The monoisotopic (exact) mass is 370 g/mol. The van der Waals surface area contributed by atoms with Crippen LogP contribution in [0.25, 0.3) is 0 Å². The van der Waals surface area contributed by atoms with Gasteiger partial charge in [-0.05, 0) is 11.6 Å². The number of carbonyl (C=O) groups is 2. The number of benzene rings is 1. The highest BCUT2D eigenvalue weighted by molar-refractivity contribution is 7.13. The van der Waals surface area contributed by atoms with Crippen molar-refractivity contribution < 1.29 is 9.59 Å². The van der Waals surface area contributed by atoms with Gasteiger partial charge < -0.3 is 10.6 Å². The van der Waals surface area contributed by atoms with Gasteiger partial charge in [0.05, 0.1) is 12.6 Å². The Labute approximate surface area is 154 Å². The lowest BCUT2D eigenvalue weighted by Crippen LogP contribution is -2.32. The average molecular weight is 370 g/mol. The molecule has 2 amide bonds. The molecule has 0 saturated carbocycles. The van der Waals surface area contributed by atoms with Crippen molar-refractivity contribution in [1.82, 2.24) is 25.3 Å². The van der Waals surface area contributed by atoms with E-state index in [1.807, 2.05) is 42.6 Å². The van der Waals surface area contributed by atoms with Crippen LogP contribution in [0, 0.1) is 0 Å². The molecule has 0 aliphatic heterocycles. The number of nitrogens with one attached hydrogen (secondary N) is 2. The number of nitrogens with zero attached hydrogens (tertiary/aromatic N) is 4. The molecule has 1 aromatic carbocycles. The molecule has 1 atom stereocenters. The highest BCUT2D eigenvalue weighted by Gasteiger charge is 2.16. The maximum absolute atomic E-state index is 12.3. The summed E-state index contributed by atoms with van der Waals surface area (Å²) in [6.07, 6.45) is 3.71. The average Bonchev–Trinajstić information content (AvgIpc) is 3.34. The first kappa shape index (κ1) is 17.7. The maximum atomic E-state index is 12.3. The Morgan fingerprint density at radius 1 is 1.12 bits per heavy atom. The highest BCUT2D eigenvalue weighted by Crippen LogP contribution is 2.15. The number of hydrogen-bond donors (Lipinski definition) is 2. The third kappa shape index (κ3) is 5.21. The van der Waals surface area contributed by atoms with Crippen molar-refractivity contribution in [3.63, 3.8) is 0 Å². The minimum atomic E-state index is -0.264. The molecule has 0 aliphatic carbocycles. The summed E-state index contributed by atoms with van der Waals surface area (Å²) in [5.41, 5.74) is 2.51. The quantitative estimate of drug-likeness (QED) is 0.631. The molecular formula is C17H18N6O2S. The first-order chi connectivity index (χ1) is 12.7. The van der Waals surface area contributed by atoms with E-state index in [1.165, 1.54) is 16.8 Å². The van der Waals surface area contributed by atoms with Crippen LogP contribution in [0.1, 0.15) is 24.4 Å². The SMILES string of the molecule is O=C(CCC(=O)NC(Cn1cccn1)c1ccccc1)Nc1nncs1. The van der Waals surface area contributed by atoms with E-state index < -0.39 is 0 Å². The summed E-state index contributed by atoms with van der Waals surface area (Å²) in [5, 5.41) is 17.6. The normalized spacial score (nSPS) is 11.7. The van der Waals surface area contributed by atoms with E-state index in [9.17, 15) is 9.59 Å². The minimum absolute atomic E-state index is 0.0781. The molecule has 1 unspecified atom stereocenters. The minimum Gasteiger partial charge on any atom is -0.347 e. The summed E-state index contributed by atoms with van der Waals surface area (Å²) in [5.74, 6) is -0.460. The Morgan fingerprint density at radius 2 is 1.92 bits per heavy atom. The van der Waals surface area contributed by atoms with Crippen molar-refractivity contribution in [1.29, 1.82) is 0 Å². The summed E-state index contributed by atoms with van der Waals surface area (Å²) in [6, 6.07) is 11.3. The number of rotatable bonds is 8. The molecule has 2 aromatic heterocycles. The predicted molar refractivity (Wildman–Crippen MR) is 97.3 cm³/mol. The van der Waals surface area contributed by atoms with Crippen LogP contribution in [0.15, 0.2) is 54.3 Å². The van der Waals surface area contributed by atoms with Crippen LogP contribution in [0.4, 0.5) is 5.13 Å². The van der Waals surface area contributed by atoms with E-state index in [0.717, 1.165) is 5.56 Å². The fourth-order valence-electron chi connectivity index (χ4n) is 2.42. The second-order valence-corrected chi connectivity index (χ2v) is 6.38. The molecule has 0 spiro atoms. The van der Waals surface area contributed by atoms with Gasteiger partial charge in [0, 0.05) is 25.2 Å². The van der Waals surface area contributed by atoms with Gasteiger partial charge in [0.1, 0.15) is 5.51 Å². The highest BCUT2D eigenvalue weighted by atomic mass is 32.1. The molecule has 0 saturated heterocycles. The zero-order valence-electron chi connectivity index (χ0n) is 13.9. The second-order valence-electron chi connectivity index (χ2n) is 5.55. The molecule has 3 rings (SSSR count). The van der Waals surface area contributed by atoms with E-state index in [1.54, 1.807) is 10.9 Å². The van der Waals surface area contributed by atoms with Crippen LogP contribution in [-0.4, -0.2) is 31.8 Å². The zero-order chi connectivity index (χ0) is 18.2. The molecular weight excluding hydrogens is 352 g/mol. The topological polar surface area (TPSA) is 102 Å². The Kier molecular flexibility index (Phi) is 6.05. The first-order valence-electron chi connectivity index (χ1n) is 8.08. The van der Waals surface area contributed by atoms with E-state index in [0.29, 0.717) is 11.7 Å². The molecule has 0 radical (unpaired) electrons. The van der Waals surface area contributed by atoms with Gasteiger partial charge in [-0.1, -0.05) is 41.7 Å². The number of aromatic nitrogens is 4. The van der Waals surface area contributed by atoms with Crippen molar-refractivity contribution in [3.8, 4) is 0 Å². The lowest BCUT2D eigenvalue weighted by molar-refractivity contribution is -0.125. The summed E-state index contributed by atoms with van der Waals surface area (Å²) < 4.78 is 1.76. The molecule has 9 heteroatoms. The Balaban J connectivity index is 1.55. The summed E-state index contributed by atoms with van der Waals surface area (Å²) in [4.78, 5) is 24.2. The maximum Gasteiger partial charge on any atom is 0.226 e. The Bertz CT molecular complexity index is 820. The number of amides is 2. The van der Waals surface area contributed by atoms with Crippen LogP contribution in [0.5, 0.6) is 0 Å². The van der Waals surface area contributed by atoms with Crippen molar-refractivity contribution in [2.24, 2.45) is 0 Å². The van der Waals surface area contributed by atoms with E-state index in [2.05, 4.69) is 25.9 Å². The molecule has 0 bridgehead atoms. The van der Waals surface area contributed by atoms with Crippen molar-refractivity contribution in [2.45, 2.75) is 25.4 Å². The first-order valence-corrected chi connectivity index (χ1v) is 8.96. The van der Waals surface area contributed by atoms with Gasteiger partial charge in [-0.2, -0.15) is 5.10 Å². The predicted octanol–water partition coefficient (Wildman–Crippen LogP) is 2.01. The van der Waals surface area contributed by atoms with E-state index in [-0.39, 0.29) is 30.7 Å². The van der Waals surface area contributed by atoms with Gasteiger partial charge in [0.2, 0.25) is 16.9 Å². The van der Waals surface area contributed by atoms with E-state index >= 15 is 0 Å². The number of anilines is 1. The van der Waals surface area contributed by atoms with Gasteiger partial charge in [-0.15, -0.1) is 10.2 Å². The van der Waals surface area contributed by atoms with Crippen molar-refractivity contribution >= 4 is 28.3 Å². The zero-order valence-corrected chi connectivity index (χ0v) is 14.7. The third-order valence-electron chi connectivity index (χ3n) is 3.65. The molecule has 8 nitrogen and oxygen atoms in total. The molecule has 26 heavy (non-hydrogen) atoms. The van der Waals surface area contributed by atoms with Crippen molar-refractivity contribution in [2.75, 3.05) is 5.32 Å². The molecule has 134 valence electrons. The number of carbonyl (C=O) groups excluding carboxylic acids is 2. The van der Waals surface area contributed by atoms with Crippen LogP contribution in [-0.2, 0) is 16.1 Å². The molecule has 3 aromatic rings. The van der Waals surface area contributed by atoms with Crippen molar-refractivity contribution in [3.05, 3.63) is 59.9 Å². The molecule has 2 heterocycles. The summed E-state index contributed by atoms with van der Waals surface area (Å²) in [7, 11) is 0. The standard InChI is InChI=1S/C17H18N6O2S/c24-15(7-8-16(25)21-17-22-18-12-26-17)20-14(11-23-10-4-9-19-23)13-5-2-1-3-6-13/h1-6,9-10,12,14H,7-8,11H2,(H,20,24)(H,21,22,25). The van der Waals surface area contributed by atoms with Gasteiger partial charge >= 0.3 is 0 Å². The van der Waals surface area contributed by atoms with Crippen LogP contribution >= 0.6 is 11.3 Å². The van der Waals surface area contributed by atoms with Gasteiger partial charge in [0.25, 0.3) is 0 Å². The Hall–Kier alpha value is -3.07. The van der Waals surface area contributed by atoms with Gasteiger partial charge in [-0.25, -0.2) is 0 Å². The fourth-order valence-corrected chi connectivity index (χ4v) is 2.88. The van der Waals surface area contributed by atoms with Gasteiger partial charge in [0.15, 0.2) is 0 Å². The van der Waals surface area contributed by atoms with Crippen LogP contribution < -0.4 is 10.6 Å². The lowest BCUT2D eigenvalue weighted by Gasteiger charge is -2.19. The summed E-state index contributed by atoms with van der Waals surface area (Å²) in [6.45, 7) is 0.514. The smallest absolute Gasteiger partial charge is 0.226 e. The largest absolute Gasteiger partial charge is 0.347 e. The molecule has 2 N–H and O–H groups in total. The fraction of sp³-hybridized carbons (Fsp3) is 0.235. The number of hydrogen-bond acceptors (Lipinski definition) is 6. The molecule has 0 fully saturated rings. The second kappa shape index (κ2) is 8.86. The molecule has 0 aliphatic rings. The van der Waals surface area contributed by atoms with E-state index in [4.69, 9.17) is 0 Å². The summed E-state index contributed by atoms with van der Waals surface area (Å²) >= 11 is 1.23.